The van der Waals surface area contributed by atoms with E-state index in [0.717, 1.165) is 6.42 Å². The number of carbonyl (C=O) groups is 2. The van der Waals surface area contributed by atoms with E-state index < -0.39 is 5.97 Å². The predicted octanol–water partition coefficient (Wildman–Crippen LogP) is 2.99. The fourth-order valence-corrected chi connectivity index (χ4v) is 3.57. The normalized spacial score (nSPS) is 23.0. The minimum atomic E-state index is -1.05. The molecular formula is C16H21NO4. The van der Waals surface area contributed by atoms with Gasteiger partial charge in [-0.1, -0.05) is 26.2 Å². The van der Waals surface area contributed by atoms with Crippen LogP contribution in [0.1, 0.15) is 72.1 Å². The Labute approximate surface area is 123 Å². The third-order valence-corrected chi connectivity index (χ3v) is 4.93. The molecule has 114 valence electrons. The molecule has 5 heteroatoms. The van der Waals surface area contributed by atoms with Gasteiger partial charge in [-0.05, 0) is 24.7 Å². The SMILES string of the molecule is CCc1oc(C(=O)NC2CC23CCCCC3)cc1C(=O)O. The molecule has 1 unspecified atom stereocenters. The minimum absolute atomic E-state index is 0.0887. The quantitative estimate of drug-likeness (QED) is 0.893. The van der Waals surface area contributed by atoms with Gasteiger partial charge >= 0.3 is 5.97 Å². The number of aromatic carboxylic acids is 1. The molecule has 0 aromatic carbocycles. The Balaban J connectivity index is 1.68. The monoisotopic (exact) mass is 291 g/mol. The van der Waals surface area contributed by atoms with Gasteiger partial charge in [0, 0.05) is 18.5 Å². The molecular weight excluding hydrogens is 270 g/mol. The van der Waals surface area contributed by atoms with Crippen LogP contribution in [-0.4, -0.2) is 23.0 Å². The maximum absolute atomic E-state index is 12.2. The molecule has 1 atom stereocenters. The zero-order chi connectivity index (χ0) is 15.0. The van der Waals surface area contributed by atoms with Crippen molar-refractivity contribution in [2.45, 2.75) is 57.9 Å². The molecule has 5 nitrogen and oxygen atoms in total. The van der Waals surface area contributed by atoms with Crippen LogP contribution in [0.2, 0.25) is 0 Å². The van der Waals surface area contributed by atoms with Crippen LogP contribution in [0.5, 0.6) is 0 Å². The molecule has 2 aliphatic carbocycles. The molecule has 1 amide bonds. The maximum Gasteiger partial charge on any atom is 0.339 e. The Bertz CT molecular complexity index is 569. The van der Waals surface area contributed by atoms with Crippen LogP contribution < -0.4 is 5.32 Å². The Morgan fingerprint density at radius 2 is 2.10 bits per heavy atom. The van der Waals surface area contributed by atoms with Gasteiger partial charge in [-0.3, -0.25) is 4.79 Å². The smallest absolute Gasteiger partial charge is 0.339 e. The molecule has 1 spiro atoms. The third-order valence-electron chi connectivity index (χ3n) is 4.93. The van der Waals surface area contributed by atoms with E-state index in [1.54, 1.807) is 0 Å². The van der Waals surface area contributed by atoms with Gasteiger partial charge in [0.25, 0.3) is 5.91 Å². The van der Waals surface area contributed by atoms with E-state index in [4.69, 9.17) is 9.52 Å². The number of carboxylic acids is 1. The standard InChI is InChI=1S/C16H21NO4/c1-2-11-10(15(19)20)8-12(21-11)14(18)17-13-9-16(13)6-4-3-5-7-16/h8,13H,2-7,9H2,1H3,(H,17,18)(H,19,20). The number of furan rings is 1. The van der Waals surface area contributed by atoms with Gasteiger partial charge in [0.1, 0.15) is 11.3 Å². The molecule has 0 radical (unpaired) electrons. The van der Waals surface area contributed by atoms with Gasteiger partial charge in [0.15, 0.2) is 5.76 Å². The van der Waals surface area contributed by atoms with Crippen molar-refractivity contribution in [1.29, 1.82) is 0 Å². The molecule has 0 bridgehead atoms. The minimum Gasteiger partial charge on any atom is -0.478 e. The third kappa shape index (κ3) is 2.57. The summed E-state index contributed by atoms with van der Waals surface area (Å²) in [6, 6.07) is 1.57. The molecule has 0 saturated heterocycles. The fourth-order valence-electron chi connectivity index (χ4n) is 3.57. The highest BCUT2D eigenvalue weighted by molar-refractivity contribution is 5.96. The molecule has 3 rings (SSSR count). The summed E-state index contributed by atoms with van der Waals surface area (Å²) in [5, 5.41) is 12.1. The van der Waals surface area contributed by atoms with Crippen LogP contribution >= 0.6 is 0 Å². The van der Waals surface area contributed by atoms with Crippen molar-refractivity contribution >= 4 is 11.9 Å². The van der Waals surface area contributed by atoms with E-state index in [9.17, 15) is 9.59 Å². The highest BCUT2D eigenvalue weighted by Gasteiger charge is 2.54. The Hall–Kier alpha value is -1.78. The second kappa shape index (κ2) is 5.20. The number of aryl methyl sites for hydroxylation is 1. The zero-order valence-corrected chi connectivity index (χ0v) is 12.3. The number of hydrogen-bond donors (Lipinski definition) is 2. The van der Waals surface area contributed by atoms with Crippen LogP contribution in [0.15, 0.2) is 10.5 Å². The summed E-state index contributed by atoms with van der Waals surface area (Å²) in [4.78, 5) is 23.3. The molecule has 2 aliphatic rings. The highest BCUT2D eigenvalue weighted by atomic mass is 16.4. The first-order valence-electron chi connectivity index (χ1n) is 7.72. The van der Waals surface area contributed by atoms with Crippen molar-refractivity contribution < 1.29 is 19.1 Å². The number of rotatable bonds is 4. The van der Waals surface area contributed by atoms with Crippen LogP contribution in [0, 0.1) is 5.41 Å². The lowest BCUT2D eigenvalue weighted by Crippen LogP contribution is -2.30. The Morgan fingerprint density at radius 1 is 1.38 bits per heavy atom. The van der Waals surface area contributed by atoms with E-state index in [1.165, 1.54) is 38.2 Å². The van der Waals surface area contributed by atoms with Crippen molar-refractivity contribution in [1.82, 2.24) is 5.32 Å². The number of carbonyl (C=O) groups excluding carboxylic acids is 1. The molecule has 2 saturated carbocycles. The van der Waals surface area contributed by atoms with Crippen LogP contribution in [-0.2, 0) is 6.42 Å². The molecule has 1 aromatic heterocycles. The van der Waals surface area contributed by atoms with Crippen molar-refractivity contribution in [3.63, 3.8) is 0 Å². The average Bonchev–Trinajstić information content (AvgIpc) is 2.94. The summed E-state index contributed by atoms with van der Waals surface area (Å²) in [6.07, 6.45) is 7.68. The molecule has 21 heavy (non-hydrogen) atoms. The summed E-state index contributed by atoms with van der Waals surface area (Å²) in [7, 11) is 0. The van der Waals surface area contributed by atoms with E-state index >= 15 is 0 Å². The van der Waals surface area contributed by atoms with Gasteiger partial charge in [-0.25, -0.2) is 4.79 Å². The fraction of sp³-hybridized carbons (Fsp3) is 0.625. The topological polar surface area (TPSA) is 79.5 Å². The van der Waals surface area contributed by atoms with Crippen molar-refractivity contribution in [2.75, 3.05) is 0 Å². The molecule has 2 N–H and O–H groups in total. The highest BCUT2D eigenvalue weighted by Crippen LogP contribution is 2.56. The van der Waals surface area contributed by atoms with Crippen molar-refractivity contribution in [3.05, 3.63) is 23.2 Å². The van der Waals surface area contributed by atoms with Gasteiger partial charge < -0.3 is 14.8 Å². The predicted molar refractivity (Wildman–Crippen MR) is 76.4 cm³/mol. The van der Waals surface area contributed by atoms with E-state index in [1.807, 2.05) is 6.92 Å². The van der Waals surface area contributed by atoms with E-state index in [-0.39, 0.29) is 23.3 Å². The summed E-state index contributed by atoms with van der Waals surface area (Å²) in [5.74, 6) is -0.868. The van der Waals surface area contributed by atoms with Gasteiger partial charge in [0.05, 0.1) is 0 Å². The number of amides is 1. The Morgan fingerprint density at radius 3 is 2.67 bits per heavy atom. The van der Waals surface area contributed by atoms with Gasteiger partial charge in [-0.2, -0.15) is 0 Å². The molecule has 2 fully saturated rings. The van der Waals surface area contributed by atoms with Gasteiger partial charge in [-0.15, -0.1) is 0 Å². The number of hydrogen-bond acceptors (Lipinski definition) is 3. The second-order valence-corrected chi connectivity index (χ2v) is 6.26. The lowest BCUT2D eigenvalue weighted by molar-refractivity contribution is 0.0694. The summed E-state index contributed by atoms with van der Waals surface area (Å²) in [5.41, 5.74) is 0.398. The van der Waals surface area contributed by atoms with Crippen molar-refractivity contribution in [3.8, 4) is 0 Å². The number of nitrogens with one attached hydrogen (secondary N) is 1. The van der Waals surface area contributed by atoms with E-state index in [0.29, 0.717) is 17.6 Å². The first-order chi connectivity index (χ1) is 10.1. The first kappa shape index (κ1) is 14.2. The second-order valence-electron chi connectivity index (χ2n) is 6.26. The average molecular weight is 291 g/mol. The summed E-state index contributed by atoms with van der Waals surface area (Å²) < 4.78 is 5.40. The lowest BCUT2D eigenvalue weighted by atomic mass is 9.86. The maximum atomic E-state index is 12.2. The number of carboxylic acid groups (broad SMARTS) is 1. The van der Waals surface area contributed by atoms with Crippen molar-refractivity contribution in [2.24, 2.45) is 5.41 Å². The van der Waals surface area contributed by atoms with Crippen LogP contribution in [0.25, 0.3) is 0 Å². The molecule has 1 aromatic rings. The summed E-state index contributed by atoms with van der Waals surface area (Å²) in [6.45, 7) is 1.81. The first-order valence-corrected chi connectivity index (χ1v) is 7.72. The van der Waals surface area contributed by atoms with Gasteiger partial charge in [0.2, 0.25) is 0 Å². The Kier molecular flexibility index (Phi) is 3.51. The zero-order valence-electron chi connectivity index (χ0n) is 12.3. The van der Waals surface area contributed by atoms with E-state index in [2.05, 4.69) is 5.32 Å². The van der Waals surface area contributed by atoms with Crippen LogP contribution in [0.4, 0.5) is 0 Å². The largest absolute Gasteiger partial charge is 0.478 e. The molecule has 1 heterocycles. The lowest BCUT2D eigenvalue weighted by Gasteiger charge is -2.22. The summed E-state index contributed by atoms with van der Waals surface area (Å²) >= 11 is 0. The molecule has 0 aliphatic heterocycles. The van der Waals surface area contributed by atoms with Crippen LogP contribution in [0.3, 0.4) is 0 Å².